The molecule has 3 aromatic rings. The molecule has 28 heavy (non-hydrogen) atoms. The molecule has 1 atom stereocenters. The highest BCUT2D eigenvalue weighted by Crippen LogP contribution is 2.40. The van der Waals surface area contributed by atoms with Crippen LogP contribution in [0.1, 0.15) is 23.3 Å². The lowest BCUT2D eigenvalue weighted by Gasteiger charge is -2.32. The maximum atomic E-state index is 12.4. The lowest BCUT2D eigenvalue weighted by Crippen LogP contribution is -2.48. The van der Waals surface area contributed by atoms with E-state index in [-0.39, 0.29) is 11.9 Å². The Morgan fingerprint density at radius 2 is 2.07 bits per heavy atom. The largest absolute Gasteiger partial charge is 0.495 e. The number of amides is 1. The third-order valence-corrected chi connectivity index (χ3v) is 5.85. The summed E-state index contributed by atoms with van der Waals surface area (Å²) in [6, 6.07) is 3.78. The van der Waals surface area contributed by atoms with Crippen LogP contribution in [-0.2, 0) is 0 Å². The minimum atomic E-state index is -0.201. The van der Waals surface area contributed by atoms with Gasteiger partial charge in [0.25, 0.3) is 5.91 Å². The van der Waals surface area contributed by atoms with Crippen molar-refractivity contribution in [3.63, 3.8) is 0 Å². The molecule has 1 fully saturated rings. The number of rotatable bonds is 5. The van der Waals surface area contributed by atoms with Crippen LogP contribution in [0.2, 0.25) is 0 Å². The highest BCUT2D eigenvalue weighted by Gasteiger charge is 2.25. The average Bonchev–Trinajstić information content (AvgIpc) is 3.19. The molecule has 3 heterocycles. The monoisotopic (exact) mass is 399 g/mol. The van der Waals surface area contributed by atoms with Gasteiger partial charge in [-0.2, -0.15) is 0 Å². The van der Waals surface area contributed by atoms with Gasteiger partial charge in [-0.15, -0.1) is 0 Å². The number of methoxy groups -OCH3 is 2. The molecule has 9 heteroatoms. The summed E-state index contributed by atoms with van der Waals surface area (Å²) >= 11 is 1.58. The number of benzene rings is 1. The van der Waals surface area contributed by atoms with Crippen LogP contribution in [-0.4, -0.2) is 54.2 Å². The predicted octanol–water partition coefficient (Wildman–Crippen LogP) is 2.50. The van der Waals surface area contributed by atoms with E-state index >= 15 is 0 Å². The van der Waals surface area contributed by atoms with E-state index in [1.54, 1.807) is 31.8 Å². The summed E-state index contributed by atoms with van der Waals surface area (Å²) in [6.45, 7) is 1.58. The van der Waals surface area contributed by atoms with Crippen molar-refractivity contribution >= 4 is 32.6 Å². The maximum Gasteiger partial charge on any atom is 0.271 e. The van der Waals surface area contributed by atoms with Crippen LogP contribution in [0.25, 0.3) is 10.2 Å². The van der Waals surface area contributed by atoms with Gasteiger partial charge in [0.2, 0.25) is 0 Å². The van der Waals surface area contributed by atoms with E-state index in [9.17, 15) is 4.79 Å². The second-order valence-corrected chi connectivity index (χ2v) is 7.47. The Kier molecular flexibility index (Phi) is 5.25. The fraction of sp³-hybridized carbons (Fsp3) is 0.368. The molecule has 1 aliphatic rings. The number of nitrogens with zero attached hydrogens (tertiary/aromatic N) is 4. The Bertz CT molecular complexity index is 937. The molecule has 8 nitrogen and oxygen atoms in total. The summed E-state index contributed by atoms with van der Waals surface area (Å²) in [5.74, 6) is 1.31. The summed E-state index contributed by atoms with van der Waals surface area (Å²) in [6.07, 6.45) is 6.43. The van der Waals surface area contributed by atoms with Crippen molar-refractivity contribution < 1.29 is 14.3 Å². The van der Waals surface area contributed by atoms with Gasteiger partial charge in [-0.05, 0) is 25.0 Å². The van der Waals surface area contributed by atoms with E-state index in [0.717, 1.165) is 46.2 Å². The number of ether oxygens (including phenoxy) is 2. The van der Waals surface area contributed by atoms with Crippen molar-refractivity contribution in [1.29, 1.82) is 0 Å². The van der Waals surface area contributed by atoms with Crippen molar-refractivity contribution in [3.8, 4) is 11.5 Å². The van der Waals surface area contributed by atoms with E-state index in [1.165, 1.54) is 12.4 Å². The molecule has 1 N–H and O–H groups in total. The second-order valence-electron chi connectivity index (χ2n) is 6.49. The molecule has 0 bridgehead atoms. The molecule has 4 rings (SSSR count). The highest BCUT2D eigenvalue weighted by molar-refractivity contribution is 7.22. The van der Waals surface area contributed by atoms with Crippen LogP contribution in [0.3, 0.4) is 0 Å². The molecule has 146 valence electrons. The zero-order chi connectivity index (χ0) is 19.5. The highest BCUT2D eigenvalue weighted by atomic mass is 32.1. The van der Waals surface area contributed by atoms with Crippen LogP contribution in [0, 0.1) is 0 Å². The van der Waals surface area contributed by atoms with Crippen LogP contribution < -0.4 is 19.7 Å². The summed E-state index contributed by atoms with van der Waals surface area (Å²) in [5.41, 5.74) is 1.13. The molecule has 1 amide bonds. The lowest BCUT2D eigenvalue weighted by molar-refractivity contribution is 0.0927. The van der Waals surface area contributed by atoms with E-state index < -0.39 is 0 Å². The number of thiazole rings is 1. The Morgan fingerprint density at radius 3 is 2.82 bits per heavy atom. The van der Waals surface area contributed by atoms with E-state index in [0.29, 0.717) is 12.2 Å². The molecule has 2 aromatic heterocycles. The Balaban J connectivity index is 1.54. The number of hydrogen-bond donors (Lipinski definition) is 1. The Hall–Kier alpha value is -2.94. The lowest BCUT2D eigenvalue weighted by atomic mass is 10.1. The molecule has 1 aromatic carbocycles. The Morgan fingerprint density at radius 1 is 1.25 bits per heavy atom. The normalized spacial score (nSPS) is 16.8. The predicted molar refractivity (Wildman–Crippen MR) is 107 cm³/mol. The first-order valence-corrected chi connectivity index (χ1v) is 9.84. The molecule has 0 saturated carbocycles. The van der Waals surface area contributed by atoms with Crippen LogP contribution in [0.4, 0.5) is 5.13 Å². The third kappa shape index (κ3) is 3.57. The average molecular weight is 399 g/mol. The standard InChI is InChI=1S/C19H21N5O3S/c1-26-14-5-6-15(27-2)17-16(14)23-19(28-17)24-9-3-4-12(11-24)22-18(25)13-10-20-7-8-21-13/h5-8,10,12H,3-4,9,11H2,1-2H3,(H,22,25). The van der Waals surface area contributed by atoms with Crippen molar-refractivity contribution in [3.05, 3.63) is 36.4 Å². The molecule has 1 saturated heterocycles. The van der Waals surface area contributed by atoms with E-state index in [4.69, 9.17) is 14.5 Å². The molecule has 0 radical (unpaired) electrons. The number of nitrogens with one attached hydrogen (secondary N) is 1. The third-order valence-electron chi connectivity index (χ3n) is 4.72. The smallest absolute Gasteiger partial charge is 0.271 e. The van der Waals surface area contributed by atoms with E-state index in [1.807, 2.05) is 12.1 Å². The van der Waals surface area contributed by atoms with Crippen molar-refractivity contribution in [2.45, 2.75) is 18.9 Å². The molecule has 0 spiro atoms. The van der Waals surface area contributed by atoms with Gasteiger partial charge in [-0.3, -0.25) is 9.78 Å². The number of piperidine rings is 1. The summed E-state index contributed by atoms with van der Waals surface area (Å²) < 4.78 is 11.9. The second kappa shape index (κ2) is 7.97. The zero-order valence-corrected chi connectivity index (χ0v) is 16.5. The first kappa shape index (κ1) is 18.4. The van der Waals surface area contributed by atoms with Gasteiger partial charge < -0.3 is 19.7 Å². The van der Waals surface area contributed by atoms with Gasteiger partial charge in [0.05, 0.1) is 20.4 Å². The van der Waals surface area contributed by atoms with Crippen molar-refractivity contribution in [1.82, 2.24) is 20.3 Å². The number of aromatic nitrogens is 3. The minimum absolute atomic E-state index is 0.0269. The topological polar surface area (TPSA) is 89.5 Å². The van der Waals surface area contributed by atoms with Crippen molar-refractivity contribution in [2.75, 3.05) is 32.2 Å². The van der Waals surface area contributed by atoms with Crippen LogP contribution >= 0.6 is 11.3 Å². The number of carbonyl (C=O) groups is 1. The first-order chi connectivity index (χ1) is 13.7. The van der Waals surface area contributed by atoms with E-state index in [2.05, 4.69) is 20.2 Å². The first-order valence-electron chi connectivity index (χ1n) is 9.03. The zero-order valence-electron chi connectivity index (χ0n) is 15.7. The molecule has 1 unspecified atom stereocenters. The molecule has 0 aliphatic carbocycles. The minimum Gasteiger partial charge on any atom is -0.495 e. The van der Waals surface area contributed by atoms with Crippen molar-refractivity contribution in [2.24, 2.45) is 0 Å². The fourth-order valence-electron chi connectivity index (χ4n) is 3.35. The quantitative estimate of drug-likeness (QED) is 0.705. The number of fused-ring (bicyclic) bond motifs is 1. The SMILES string of the molecule is COc1ccc(OC)c2sc(N3CCCC(NC(=O)c4cnccn4)C3)nc12. The molecular formula is C19H21N5O3S. The fourth-order valence-corrected chi connectivity index (χ4v) is 4.46. The van der Waals surface area contributed by atoms with Crippen LogP contribution in [0.15, 0.2) is 30.7 Å². The number of hydrogen-bond acceptors (Lipinski definition) is 8. The number of anilines is 1. The summed E-state index contributed by atoms with van der Waals surface area (Å²) in [7, 11) is 3.29. The molecular weight excluding hydrogens is 378 g/mol. The summed E-state index contributed by atoms with van der Waals surface area (Å²) in [4.78, 5) is 27.4. The Labute approximate surface area is 166 Å². The molecule has 1 aliphatic heterocycles. The van der Waals surface area contributed by atoms with Gasteiger partial charge in [-0.25, -0.2) is 9.97 Å². The van der Waals surface area contributed by atoms with Gasteiger partial charge >= 0.3 is 0 Å². The van der Waals surface area contributed by atoms with Gasteiger partial charge in [-0.1, -0.05) is 11.3 Å². The number of carbonyl (C=O) groups excluding carboxylic acids is 1. The van der Waals surface area contributed by atoms with Gasteiger partial charge in [0, 0.05) is 31.5 Å². The van der Waals surface area contributed by atoms with Crippen LogP contribution in [0.5, 0.6) is 11.5 Å². The van der Waals surface area contributed by atoms with Gasteiger partial charge in [0.1, 0.15) is 27.4 Å². The van der Waals surface area contributed by atoms with Gasteiger partial charge in [0.15, 0.2) is 5.13 Å². The maximum absolute atomic E-state index is 12.4. The summed E-state index contributed by atoms with van der Waals surface area (Å²) in [5, 5.41) is 3.96.